The number of fused-ring (bicyclic) bond motifs is 1. The Morgan fingerprint density at radius 3 is 2.80 bits per heavy atom. The Morgan fingerprint density at radius 2 is 2.13 bits per heavy atom. The van der Waals surface area contributed by atoms with Crippen molar-refractivity contribution >= 4 is 5.78 Å². The first-order valence-corrected chi connectivity index (χ1v) is 5.42. The second-order valence-electron chi connectivity index (χ2n) is 4.31. The van der Waals surface area contributed by atoms with Crippen molar-refractivity contribution in [2.75, 3.05) is 0 Å². The zero-order valence-corrected chi connectivity index (χ0v) is 9.34. The maximum absolute atomic E-state index is 11.7. The van der Waals surface area contributed by atoms with Gasteiger partial charge < -0.3 is 0 Å². The topological polar surface area (TPSA) is 17.1 Å². The number of aryl methyl sites for hydroxylation is 1. The highest BCUT2D eigenvalue weighted by Crippen LogP contribution is 2.29. The van der Waals surface area contributed by atoms with E-state index in [0.717, 1.165) is 12.0 Å². The van der Waals surface area contributed by atoms with Crippen LogP contribution in [0.4, 0.5) is 0 Å². The molecule has 0 N–H and O–H groups in total. The van der Waals surface area contributed by atoms with Gasteiger partial charge in [-0.2, -0.15) is 0 Å². The van der Waals surface area contributed by atoms with Crippen LogP contribution in [0, 0.1) is 6.92 Å². The Labute approximate surface area is 90.8 Å². The molecule has 0 saturated heterocycles. The highest BCUT2D eigenvalue weighted by molar-refractivity contribution is 6.01. The minimum atomic E-state index is 0.297. The standard InChI is InChI=1S/C14H16O/c1-4-9(2)11-7-10(3)12-5-6-14(15)13(12)8-11/h4,7-9H,1,5-6H2,2-3H3. The third-order valence-corrected chi connectivity index (χ3v) is 3.28. The van der Waals surface area contributed by atoms with E-state index in [9.17, 15) is 4.79 Å². The van der Waals surface area contributed by atoms with E-state index in [1.165, 1.54) is 16.7 Å². The molecule has 1 heteroatoms. The summed E-state index contributed by atoms with van der Waals surface area (Å²) in [5, 5.41) is 0. The molecule has 1 aromatic carbocycles. The summed E-state index contributed by atoms with van der Waals surface area (Å²) in [6, 6.07) is 4.23. The first-order valence-electron chi connectivity index (χ1n) is 5.42. The summed E-state index contributed by atoms with van der Waals surface area (Å²) in [6.45, 7) is 7.99. The van der Waals surface area contributed by atoms with Gasteiger partial charge in [0.2, 0.25) is 0 Å². The van der Waals surface area contributed by atoms with Crippen molar-refractivity contribution in [3.05, 3.63) is 47.0 Å². The molecule has 1 atom stereocenters. The van der Waals surface area contributed by atoms with Crippen LogP contribution in [0.5, 0.6) is 0 Å². The quantitative estimate of drug-likeness (QED) is 0.668. The molecule has 1 aromatic rings. The molecule has 0 bridgehead atoms. The fourth-order valence-electron chi connectivity index (χ4n) is 2.20. The molecule has 0 heterocycles. The van der Waals surface area contributed by atoms with E-state index in [1.54, 1.807) is 0 Å². The van der Waals surface area contributed by atoms with Crippen LogP contribution in [0.25, 0.3) is 0 Å². The number of hydrogen-bond acceptors (Lipinski definition) is 1. The highest BCUT2D eigenvalue weighted by atomic mass is 16.1. The third kappa shape index (κ3) is 1.63. The van der Waals surface area contributed by atoms with Crippen LogP contribution < -0.4 is 0 Å². The van der Waals surface area contributed by atoms with Gasteiger partial charge in [-0.3, -0.25) is 4.79 Å². The van der Waals surface area contributed by atoms with Gasteiger partial charge in [0.1, 0.15) is 0 Å². The van der Waals surface area contributed by atoms with Gasteiger partial charge in [0, 0.05) is 12.0 Å². The molecule has 78 valence electrons. The first-order chi connectivity index (χ1) is 7.13. The Balaban J connectivity index is 2.55. The number of hydrogen-bond donors (Lipinski definition) is 0. The summed E-state index contributed by atoms with van der Waals surface area (Å²) >= 11 is 0. The summed E-state index contributed by atoms with van der Waals surface area (Å²) in [5.41, 5.74) is 4.65. The van der Waals surface area contributed by atoms with Crippen molar-refractivity contribution in [3.8, 4) is 0 Å². The molecular weight excluding hydrogens is 184 g/mol. The lowest BCUT2D eigenvalue weighted by molar-refractivity contribution is 0.0994. The van der Waals surface area contributed by atoms with E-state index in [0.29, 0.717) is 18.1 Å². The van der Waals surface area contributed by atoms with Crippen molar-refractivity contribution in [1.29, 1.82) is 0 Å². The molecule has 0 fully saturated rings. The van der Waals surface area contributed by atoms with Crippen LogP contribution in [-0.2, 0) is 6.42 Å². The van der Waals surface area contributed by atoms with E-state index in [4.69, 9.17) is 0 Å². The molecule has 15 heavy (non-hydrogen) atoms. The molecule has 2 rings (SSSR count). The molecule has 0 saturated carbocycles. The van der Waals surface area contributed by atoms with E-state index >= 15 is 0 Å². The lowest BCUT2D eigenvalue weighted by Gasteiger charge is -2.11. The second kappa shape index (κ2) is 3.65. The number of carbonyl (C=O) groups is 1. The summed E-state index contributed by atoms with van der Waals surface area (Å²) < 4.78 is 0. The zero-order chi connectivity index (χ0) is 11.0. The molecule has 1 aliphatic carbocycles. The van der Waals surface area contributed by atoms with Crippen LogP contribution in [0.2, 0.25) is 0 Å². The minimum Gasteiger partial charge on any atom is -0.294 e. The number of allylic oxidation sites excluding steroid dienone is 1. The van der Waals surface area contributed by atoms with Gasteiger partial charge in [-0.1, -0.05) is 19.1 Å². The molecule has 0 aromatic heterocycles. The monoisotopic (exact) mass is 200 g/mol. The van der Waals surface area contributed by atoms with Gasteiger partial charge in [0.05, 0.1) is 0 Å². The number of benzene rings is 1. The molecule has 0 radical (unpaired) electrons. The molecular formula is C14H16O. The van der Waals surface area contributed by atoms with Gasteiger partial charge in [-0.15, -0.1) is 6.58 Å². The molecule has 1 aliphatic rings. The van der Waals surface area contributed by atoms with Crippen molar-refractivity contribution in [1.82, 2.24) is 0 Å². The molecule has 1 nitrogen and oxygen atoms in total. The summed E-state index contributed by atoms with van der Waals surface area (Å²) in [4.78, 5) is 11.7. The first kappa shape index (κ1) is 10.2. The molecule has 0 amide bonds. The Morgan fingerprint density at radius 1 is 1.40 bits per heavy atom. The van der Waals surface area contributed by atoms with Crippen molar-refractivity contribution in [2.24, 2.45) is 0 Å². The predicted octanol–water partition coefficient (Wildman–Crippen LogP) is 3.41. The zero-order valence-electron chi connectivity index (χ0n) is 9.34. The predicted molar refractivity (Wildman–Crippen MR) is 62.4 cm³/mol. The largest absolute Gasteiger partial charge is 0.294 e. The maximum atomic E-state index is 11.7. The smallest absolute Gasteiger partial charge is 0.163 e. The Bertz CT molecular complexity index is 429. The lowest BCUT2D eigenvalue weighted by Crippen LogP contribution is -1.98. The molecule has 0 spiro atoms. The van der Waals surface area contributed by atoms with Crippen molar-refractivity contribution < 1.29 is 4.79 Å². The van der Waals surface area contributed by atoms with E-state index in [-0.39, 0.29) is 0 Å². The fraction of sp³-hybridized carbons (Fsp3) is 0.357. The summed E-state index contributed by atoms with van der Waals surface area (Å²) in [5.74, 6) is 0.619. The van der Waals surface area contributed by atoms with Gasteiger partial charge in [-0.05, 0) is 42.0 Å². The number of rotatable bonds is 2. The van der Waals surface area contributed by atoms with E-state index < -0.39 is 0 Å². The van der Waals surface area contributed by atoms with Crippen molar-refractivity contribution in [2.45, 2.75) is 32.6 Å². The maximum Gasteiger partial charge on any atom is 0.163 e. The fourth-order valence-corrected chi connectivity index (χ4v) is 2.20. The van der Waals surface area contributed by atoms with Crippen LogP contribution >= 0.6 is 0 Å². The van der Waals surface area contributed by atoms with Crippen LogP contribution in [-0.4, -0.2) is 5.78 Å². The van der Waals surface area contributed by atoms with Gasteiger partial charge in [0.15, 0.2) is 5.78 Å². The van der Waals surface area contributed by atoms with Gasteiger partial charge in [-0.25, -0.2) is 0 Å². The number of Topliss-reactive ketones (excluding diaryl/α,β-unsaturated/α-hetero) is 1. The lowest BCUT2D eigenvalue weighted by atomic mass is 9.94. The van der Waals surface area contributed by atoms with Gasteiger partial charge >= 0.3 is 0 Å². The Kier molecular flexibility index (Phi) is 2.47. The van der Waals surface area contributed by atoms with E-state index in [2.05, 4.69) is 26.5 Å². The summed E-state index contributed by atoms with van der Waals surface area (Å²) in [6.07, 6.45) is 3.52. The van der Waals surface area contributed by atoms with Crippen LogP contribution in [0.1, 0.15) is 46.3 Å². The Hall–Kier alpha value is -1.37. The van der Waals surface area contributed by atoms with Crippen molar-refractivity contribution in [3.63, 3.8) is 0 Å². The average molecular weight is 200 g/mol. The van der Waals surface area contributed by atoms with Crippen LogP contribution in [0.15, 0.2) is 24.8 Å². The third-order valence-electron chi connectivity index (χ3n) is 3.28. The number of carbonyl (C=O) groups excluding carboxylic acids is 1. The normalized spacial score (nSPS) is 16.3. The summed E-state index contributed by atoms with van der Waals surface area (Å²) in [7, 11) is 0. The molecule has 0 aliphatic heterocycles. The SMILES string of the molecule is C=CC(C)c1cc(C)c2c(c1)C(=O)CC2. The highest BCUT2D eigenvalue weighted by Gasteiger charge is 2.22. The second-order valence-corrected chi connectivity index (χ2v) is 4.31. The average Bonchev–Trinajstić information content (AvgIpc) is 2.60. The van der Waals surface area contributed by atoms with Crippen LogP contribution in [0.3, 0.4) is 0 Å². The molecule has 1 unspecified atom stereocenters. The van der Waals surface area contributed by atoms with E-state index in [1.807, 2.05) is 12.1 Å². The van der Waals surface area contributed by atoms with Gasteiger partial charge in [0.25, 0.3) is 0 Å². The number of ketones is 1. The minimum absolute atomic E-state index is 0.297.